The molecule has 0 spiro atoms. The van der Waals surface area contributed by atoms with Crippen molar-refractivity contribution in [1.82, 2.24) is 14.5 Å². The van der Waals surface area contributed by atoms with Gasteiger partial charge >= 0.3 is 5.97 Å². The van der Waals surface area contributed by atoms with Crippen molar-refractivity contribution in [3.8, 4) is 0 Å². The number of carbonyl (C=O) groups is 1. The van der Waals surface area contributed by atoms with Crippen molar-refractivity contribution in [3.63, 3.8) is 0 Å². The minimum atomic E-state index is -0.255. The zero-order valence-electron chi connectivity index (χ0n) is 10.9. The Hall–Kier alpha value is -1.91. The number of carbonyl (C=O) groups excluding carboxylic acids is 1. The predicted octanol–water partition coefficient (Wildman–Crippen LogP) is 2.12. The summed E-state index contributed by atoms with van der Waals surface area (Å²) in [6.45, 7) is 6.28. The lowest BCUT2D eigenvalue weighted by Gasteiger charge is -2.11. The first-order valence-electron chi connectivity index (χ1n) is 6.11. The highest BCUT2D eigenvalue weighted by molar-refractivity contribution is 5.76. The standard InChI is InChI=1S/C13H17N3O2/c1-4-18-12(17)8-11-15-10-6-5-7-14-13(10)16(11)9(2)3/h5-7,9H,4,8H2,1-3H3. The maximum atomic E-state index is 11.6. The molecule has 0 saturated carbocycles. The number of ether oxygens (including phenoxy) is 1. The lowest BCUT2D eigenvalue weighted by Crippen LogP contribution is -2.14. The van der Waals surface area contributed by atoms with Crippen LogP contribution in [0.1, 0.15) is 32.6 Å². The number of rotatable bonds is 4. The molecule has 0 aliphatic heterocycles. The summed E-state index contributed by atoms with van der Waals surface area (Å²) in [4.78, 5) is 20.3. The van der Waals surface area contributed by atoms with Crippen molar-refractivity contribution in [1.29, 1.82) is 0 Å². The molecule has 0 unspecified atom stereocenters. The summed E-state index contributed by atoms with van der Waals surface area (Å²) < 4.78 is 6.94. The highest BCUT2D eigenvalue weighted by Gasteiger charge is 2.17. The lowest BCUT2D eigenvalue weighted by atomic mass is 10.3. The summed E-state index contributed by atoms with van der Waals surface area (Å²) >= 11 is 0. The quantitative estimate of drug-likeness (QED) is 0.776. The van der Waals surface area contributed by atoms with Gasteiger partial charge < -0.3 is 9.30 Å². The Bertz CT molecular complexity index is 560. The van der Waals surface area contributed by atoms with E-state index in [2.05, 4.69) is 9.97 Å². The van der Waals surface area contributed by atoms with Gasteiger partial charge in [-0.05, 0) is 32.9 Å². The summed E-state index contributed by atoms with van der Waals surface area (Å²) in [5.41, 5.74) is 1.62. The molecule has 2 aromatic heterocycles. The number of esters is 1. The molecule has 2 rings (SSSR count). The van der Waals surface area contributed by atoms with Gasteiger partial charge in [0.25, 0.3) is 0 Å². The van der Waals surface area contributed by atoms with Gasteiger partial charge in [-0.3, -0.25) is 4.79 Å². The second-order valence-electron chi connectivity index (χ2n) is 4.32. The summed E-state index contributed by atoms with van der Waals surface area (Å²) in [5, 5.41) is 0. The molecule has 5 nitrogen and oxygen atoms in total. The number of aromatic nitrogens is 3. The van der Waals surface area contributed by atoms with Crippen LogP contribution in [0, 0.1) is 0 Å². The zero-order valence-corrected chi connectivity index (χ0v) is 10.9. The Morgan fingerprint density at radius 3 is 2.94 bits per heavy atom. The highest BCUT2D eigenvalue weighted by atomic mass is 16.5. The largest absolute Gasteiger partial charge is 0.466 e. The van der Waals surface area contributed by atoms with E-state index in [4.69, 9.17) is 4.74 Å². The van der Waals surface area contributed by atoms with E-state index in [-0.39, 0.29) is 18.4 Å². The molecule has 0 atom stereocenters. The first-order chi connectivity index (χ1) is 8.63. The van der Waals surface area contributed by atoms with E-state index in [9.17, 15) is 4.79 Å². The Morgan fingerprint density at radius 2 is 2.28 bits per heavy atom. The van der Waals surface area contributed by atoms with Gasteiger partial charge in [0.2, 0.25) is 0 Å². The van der Waals surface area contributed by atoms with E-state index in [1.807, 2.05) is 30.5 Å². The number of fused-ring (bicyclic) bond motifs is 1. The van der Waals surface area contributed by atoms with Crippen LogP contribution in [0.5, 0.6) is 0 Å². The third kappa shape index (κ3) is 2.34. The predicted molar refractivity (Wildman–Crippen MR) is 68.3 cm³/mol. The second-order valence-corrected chi connectivity index (χ2v) is 4.32. The minimum Gasteiger partial charge on any atom is -0.466 e. The molecular weight excluding hydrogens is 230 g/mol. The van der Waals surface area contributed by atoms with E-state index in [1.165, 1.54) is 0 Å². The molecule has 5 heteroatoms. The molecule has 0 N–H and O–H groups in total. The van der Waals surface area contributed by atoms with Crippen molar-refractivity contribution >= 4 is 17.1 Å². The van der Waals surface area contributed by atoms with Gasteiger partial charge in [0.15, 0.2) is 5.65 Å². The summed E-state index contributed by atoms with van der Waals surface area (Å²) in [7, 11) is 0. The normalized spacial score (nSPS) is 11.1. The summed E-state index contributed by atoms with van der Waals surface area (Å²) in [6, 6.07) is 3.94. The Morgan fingerprint density at radius 1 is 1.50 bits per heavy atom. The van der Waals surface area contributed by atoms with Crippen LogP contribution in [0.15, 0.2) is 18.3 Å². The van der Waals surface area contributed by atoms with E-state index in [1.54, 1.807) is 13.1 Å². The first kappa shape index (κ1) is 12.5. The minimum absolute atomic E-state index is 0.183. The molecule has 18 heavy (non-hydrogen) atoms. The summed E-state index contributed by atoms with van der Waals surface area (Å²) in [5.74, 6) is 0.451. The number of hydrogen-bond donors (Lipinski definition) is 0. The van der Waals surface area contributed by atoms with Gasteiger partial charge in [-0.2, -0.15) is 0 Å². The van der Waals surface area contributed by atoms with Crippen LogP contribution in [0.3, 0.4) is 0 Å². The van der Waals surface area contributed by atoms with Crippen LogP contribution in [-0.2, 0) is 16.0 Å². The number of imidazole rings is 1. The fourth-order valence-corrected chi connectivity index (χ4v) is 1.98. The fourth-order valence-electron chi connectivity index (χ4n) is 1.98. The first-order valence-corrected chi connectivity index (χ1v) is 6.11. The second kappa shape index (κ2) is 5.16. The third-order valence-electron chi connectivity index (χ3n) is 2.65. The summed E-state index contributed by atoms with van der Waals surface area (Å²) in [6.07, 6.45) is 1.92. The van der Waals surface area contributed by atoms with Crippen molar-refractivity contribution in [2.24, 2.45) is 0 Å². The van der Waals surface area contributed by atoms with Crippen molar-refractivity contribution in [3.05, 3.63) is 24.2 Å². The average Bonchev–Trinajstić information content (AvgIpc) is 2.66. The molecule has 0 aliphatic rings. The molecule has 0 bridgehead atoms. The zero-order chi connectivity index (χ0) is 13.1. The van der Waals surface area contributed by atoms with E-state index < -0.39 is 0 Å². The van der Waals surface area contributed by atoms with Gasteiger partial charge in [-0.1, -0.05) is 0 Å². The van der Waals surface area contributed by atoms with Gasteiger partial charge in [0, 0.05) is 12.2 Å². The van der Waals surface area contributed by atoms with Crippen LogP contribution >= 0.6 is 0 Å². The van der Waals surface area contributed by atoms with Crippen LogP contribution < -0.4 is 0 Å². The molecule has 0 fully saturated rings. The van der Waals surface area contributed by atoms with E-state index >= 15 is 0 Å². The molecule has 0 amide bonds. The molecule has 2 heterocycles. The smallest absolute Gasteiger partial charge is 0.313 e. The maximum absolute atomic E-state index is 11.6. The molecule has 0 aliphatic carbocycles. The Labute approximate surface area is 106 Å². The van der Waals surface area contributed by atoms with Gasteiger partial charge in [-0.15, -0.1) is 0 Å². The van der Waals surface area contributed by atoms with Gasteiger partial charge in [0.1, 0.15) is 17.8 Å². The highest BCUT2D eigenvalue weighted by Crippen LogP contribution is 2.19. The molecule has 0 saturated heterocycles. The topological polar surface area (TPSA) is 57.0 Å². The number of nitrogens with zero attached hydrogens (tertiary/aromatic N) is 3. The van der Waals surface area contributed by atoms with Crippen LogP contribution in [0.4, 0.5) is 0 Å². The maximum Gasteiger partial charge on any atom is 0.313 e. The van der Waals surface area contributed by atoms with Crippen LogP contribution in [-0.4, -0.2) is 27.1 Å². The molecular formula is C13H17N3O2. The Balaban J connectivity index is 2.43. The van der Waals surface area contributed by atoms with Crippen molar-refractivity contribution < 1.29 is 9.53 Å². The number of hydrogen-bond acceptors (Lipinski definition) is 4. The van der Waals surface area contributed by atoms with Crippen molar-refractivity contribution in [2.75, 3.05) is 6.61 Å². The fraction of sp³-hybridized carbons (Fsp3) is 0.462. The molecule has 0 aromatic carbocycles. The SMILES string of the molecule is CCOC(=O)Cc1nc2cccnc2n1C(C)C. The molecule has 0 radical (unpaired) electrons. The lowest BCUT2D eigenvalue weighted by molar-refractivity contribution is -0.142. The van der Waals surface area contributed by atoms with Crippen LogP contribution in [0.2, 0.25) is 0 Å². The molecule has 96 valence electrons. The molecule has 2 aromatic rings. The van der Waals surface area contributed by atoms with Crippen LogP contribution in [0.25, 0.3) is 11.2 Å². The third-order valence-corrected chi connectivity index (χ3v) is 2.65. The van der Waals surface area contributed by atoms with E-state index in [0.717, 1.165) is 11.2 Å². The van der Waals surface area contributed by atoms with Crippen molar-refractivity contribution in [2.45, 2.75) is 33.2 Å². The monoisotopic (exact) mass is 247 g/mol. The van der Waals surface area contributed by atoms with Gasteiger partial charge in [0.05, 0.1) is 6.61 Å². The average molecular weight is 247 g/mol. The Kier molecular flexibility index (Phi) is 3.60. The number of pyridine rings is 1. The van der Waals surface area contributed by atoms with E-state index in [0.29, 0.717) is 12.4 Å². The van der Waals surface area contributed by atoms with Gasteiger partial charge in [-0.25, -0.2) is 9.97 Å².